The van der Waals surface area contributed by atoms with Crippen molar-refractivity contribution in [3.8, 4) is 5.75 Å². The molecule has 1 fully saturated rings. The third-order valence-corrected chi connectivity index (χ3v) is 6.53. The van der Waals surface area contributed by atoms with Crippen molar-refractivity contribution < 1.29 is 17.9 Å². The van der Waals surface area contributed by atoms with Crippen molar-refractivity contribution in [2.24, 2.45) is 0 Å². The standard InChI is InChI=1S/C19H32N4O4S/c1-4-27-17-5-7-18(8-6-17)28(25,26)23(16-15-21(2)3)12-9-19(24)22-13-10-20-11-14-22/h5-8,20H,4,9-16H2,1-3H3. The third kappa shape index (κ3) is 6.44. The lowest BCUT2D eigenvalue weighted by Gasteiger charge is -2.29. The molecular weight excluding hydrogens is 380 g/mol. The monoisotopic (exact) mass is 412 g/mol. The zero-order chi connectivity index (χ0) is 20.6. The predicted octanol–water partition coefficient (Wildman–Crippen LogP) is 0.460. The fourth-order valence-electron chi connectivity index (χ4n) is 2.98. The Balaban J connectivity index is 2.09. The SMILES string of the molecule is CCOc1ccc(S(=O)(=O)N(CCC(=O)N2CCNCC2)CCN(C)C)cc1. The van der Waals surface area contributed by atoms with E-state index in [9.17, 15) is 13.2 Å². The molecule has 1 N–H and O–H groups in total. The second-order valence-electron chi connectivity index (χ2n) is 6.99. The van der Waals surface area contributed by atoms with Crippen molar-refractivity contribution >= 4 is 15.9 Å². The van der Waals surface area contributed by atoms with Gasteiger partial charge in [-0.2, -0.15) is 4.31 Å². The number of likely N-dealkylation sites (N-methyl/N-ethyl adjacent to an activating group) is 1. The molecule has 0 atom stereocenters. The van der Waals surface area contributed by atoms with E-state index in [0.29, 0.717) is 38.5 Å². The van der Waals surface area contributed by atoms with Crippen LogP contribution in [0, 0.1) is 0 Å². The highest BCUT2D eigenvalue weighted by atomic mass is 32.2. The van der Waals surface area contributed by atoms with Crippen molar-refractivity contribution in [3.05, 3.63) is 24.3 Å². The summed E-state index contributed by atoms with van der Waals surface area (Å²) in [5.74, 6) is 0.633. The van der Waals surface area contributed by atoms with Gasteiger partial charge in [0.05, 0.1) is 11.5 Å². The molecular formula is C19H32N4O4S. The lowest BCUT2D eigenvalue weighted by atomic mass is 10.3. The molecule has 1 aliphatic rings. The summed E-state index contributed by atoms with van der Waals surface area (Å²) in [6.45, 7) is 6.38. The van der Waals surface area contributed by atoms with Crippen molar-refractivity contribution in [2.75, 3.05) is 66.5 Å². The molecule has 0 unspecified atom stereocenters. The predicted molar refractivity (Wildman–Crippen MR) is 109 cm³/mol. The highest BCUT2D eigenvalue weighted by Gasteiger charge is 2.26. The zero-order valence-corrected chi connectivity index (χ0v) is 17.9. The Bertz CT molecular complexity index is 716. The first-order chi connectivity index (χ1) is 13.3. The number of hydrogen-bond donors (Lipinski definition) is 1. The molecule has 1 heterocycles. The summed E-state index contributed by atoms with van der Waals surface area (Å²) in [6.07, 6.45) is 0.184. The summed E-state index contributed by atoms with van der Waals surface area (Å²) in [4.78, 5) is 16.4. The third-order valence-electron chi connectivity index (χ3n) is 4.61. The molecule has 1 aromatic rings. The van der Waals surface area contributed by atoms with Crippen molar-refractivity contribution in [3.63, 3.8) is 0 Å². The second kappa shape index (κ2) is 10.8. The molecule has 0 radical (unpaired) electrons. The molecule has 0 aromatic heterocycles. The number of carbonyl (C=O) groups excluding carboxylic acids is 1. The minimum absolute atomic E-state index is 0.00162. The second-order valence-corrected chi connectivity index (χ2v) is 8.93. The first-order valence-electron chi connectivity index (χ1n) is 9.71. The molecule has 9 heteroatoms. The molecule has 1 aliphatic heterocycles. The Morgan fingerprint density at radius 2 is 1.75 bits per heavy atom. The van der Waals surface area contributed by atoms with Gasteiger partial charge in [0.25, 0.3) is 0 Å². The number of piperazine rings is 1. The fraction of sp³-hybridized carbons (Fsp3) is 0.632. The molecule has 0 aliphatic carbocycles. The van der Waals surface area contributed by atoms with Gasteiger partial charge in [-0.05, 0) is 45.3 Å². The van der Waals surface area contributed by atoms with Gasteiger partial charge < -0.3 is 19.9 Å². The van der Waals surface area contributed by atoms with Gasteiger partial charge in [-0.3, -0.25) is 4.79 Å². The van der Waals surface area contributed by atoms with E-state index in [2.05, 4.69) is 5.32 Å². The number of hydrogen-bond acceptors (Lipinski definition) is 6. The van der Waals surface area contributed by atoms with E-state index in [1.165, 1.54) is 4.31 Å². The normalized spacial score (nSPS) is 15.2. The van der Waals surface area contributed by atoms with Crippen LogP contribution in [-0.4, -0.2) is 94.9 Å². The van der Waals surface area contributed by atoms with E-state index in [4.69, 9.17) is 4.74 Å². The molecule has 1 amide bonds. The molecule has 2 rings (SSSR count). The van der Waals surface area contributed by atoms with E-state index in [0.717, 1.165) is 13.1 Å². The van der Waals surface area contributed by atoms with Crippen LogP contribution in [-0.2, 0) is 14.8 Å². The Labute approximate surface area is 168 Å². The minimum atomic E-state index is -3.69. The van der Waals surface area contributed by atoms with Gasteiger partial charge in [0.1, 0.15) is 5.75 Å². The zero-order valence-electron chi connectivity index (χ0n) is 17.1. The van der Waals surface area contributed by atoms with Crippen LogP contribution in [0.5, 0.6) is 5.75 Å². The highest BCUT2D eigenvalue weighted by molar-refractivity contribution is 7.89. The maximum atomic E-state index is 13.1. The Morgan fingerprint density at radius 3 is 2.32 bits per heavy atom. The Morgan fingerprint density at radius 1 is 1.11 bits per heavy atom. The van der Waals surface area contributed by atoms with Crippen LogP contribution in [0.1, 0.15) is 13.3 Å². The number of carbonyl (C=O) groups is 1. The van der Waals surface area contributed by atoms with Gasteiger partial charge >= 0.3 is 0 Å². The topological polar surface area (TPSA) is 82.2 Å². The Hall–Kier alpha value is -1.68. The number of benzene rings is 1. The van der Waals surface area contributed by atoms with E-state index >= 15 is 0 Å². The van der Waals surface area contributed by atoms with Crippen molar-refractivity contribution in [1.29, 1.82) is 0 Å². The number of amides is 1. The highest BCUT2D eigenvalue weighted by Crippen LogP contribution is 2.20. The van der Waals surface area contributed by atoms with Gasteiger partial charge in [0.2, 0.25) is 15.9 Å². The molecule has 0 bridgehead atoms. The summed E-state index contributed by atoms with van der Waals surface area (Å²) in [6, 6.07) is 6.43. The average Bonchev–Trinajstić information content (AvgIpc) is 2.68. The van der Waals surface area contributed by atoms with Gasteiger partial charge in [-0.1, -0.05) is 0 Å². The number of nitrogens with one attached hydrogen (secondary N) is 1. The number of ether oxygens (including phenoxy) is 1. The largest absolute Gasteiger partial charge is 0.494 e. The van der Waals surface area contributed by atoms with Crippen LogP contribution in [0.15, 0.2) is 29.2 Å². The Kier molecular flexibility index (Phi) is 8.68. The van der Waals surface area contributed by atoms with Gasteiger partial charge in [0, 0.05) is 52.2 Å². The van der Waals surface area contributed by atoms with Crippen LogP contribution in [0.3, 0.4) is 0 Å². The summed E-state index contributed by atoms with van der Waals surface area (Å²) < 4.78 is 33.1. The van der Waals surface area contributed by atoms with Crippen LogP contribution in [0.4, 0.5) is 0 Å². The smallest absolute Gasteiger partial charge is 0.243 e. The van der Waals surface area contributed by atoms with Crippen molar-refractivity contribution in [1.82, 2.24) is 19.4 Å². The molecule has 1 aromatic carbocycles. The van der Waals surface area contributed by atoms with E-state index < -0.39 is 10.0 Å². The minimum Gasteiger partial charge on any atom is -0.494 e. The summed E-state index contributed by atoms with van der Waals surface area (Å²) in [5.41, 5.74) is 0. The summed E-state index contributed by atoms with van der Waals surface area (Å²) >= 11 is 0. The number of sulfonamides is 1. The molecule has 28 heavy (non-hydrogen) atoms. The molecule has 1 saturated heterocycles. The van der Waals surface area contributed by atoms with Crippen LogP contribution >= 0.6 is 0 Å². The maximum absolute atomic E-state index is 13.1. The summed E-state index contributed by atoms with van der Waals surface area (Å²) in [5, 5.41) is 3.21. The van der Waals surface area contributed by atoms with Crippen molar-refractivity contribution in [2.45, 2.75) is 18.2 Å². The summed E-state index contributed by atoms with van der Waals surface area (Å²) in [7, 11) is 0.106. The molecule has 8 nitrogen and oxygen atoms in total. The van der Waals surface area contributed by atoms with E-state index in [1.54, 1.807) is 29.2 Å². The first-order valence-corrected chi connectivity index (χ1v) is 11.1. The maximum Gasteiger partial charge on any atom is 0.243 e. The van der Waals surface area contributed by atoms with E-state index in [1.807, 2.05) is 25.9 Å². The van der Waals surface area contributed by atoms with Gasteiger partial charge in [-0.15, -0.1) is 0 Å². The van der Waals surface area contributed by atoms with Crippen LogP contribution in [0.25, 0.3) is 0 Å². The molecule has 0 saturated carbocycles. The fourth-order valence-corrected chi connectivity index (χ4v) is 4.41. The van der Waals surface area contributed by atoms with Crippen LogP contribution < -0.4 is 10.1 Å². The van der Waals surface area contributed by atoms with Gasteiger partial charge in [0.15, 0.2) is 0 Å². The lowest BCUT2D eigenvalue weighted by Crippen LogP contribution is -2.47. The van der Waals surface area contributed by atoms with Gasteiger partial charge in [-0.25, -0.2) is 8.42 Å². The quantitative estimate of drug-likeness (QED) is 0.601. The molecule has 158 valence electrons. The lowest BCUT2D eigenvalue weighted by molar-refractivity contribution is -0.131. The molecule has 0 spiro atoms. The number of nitrogens with zero attached hydrogens (tertiary/aromatic N) is 3. The number of rotatable bonds is 10. The van der Waals surface area contributed by atoms with E-state index in [-0.39, 0.29) is 23.8 Å². The van der Waals surface area contributed by atoms with Crippen LogP contribution in [0.2, 0.25) is 0 Å². The first kappa shape index (κ1) is 22.6. The average molecular weight is 413 g/mol.